The van der Waals surface area contributed by atoms with E-state index in [0.29, 0.717) is 25.1 Å². The lowest BCUT2D eigenvalue weighted by molar-refractivity contribution is -0.134. The first-order valence-electron chi connectivity index (χ1n) is 9.71. The monoisotopic (exact) mass is 402 g/mol. The number of imide groups is 1. The molecule has 0 spiro atoms. The summed E-state index contributed by atoms with van der Waals surface area (Å²) in [5.74, 6) is -1.02. The van der Waals surface area contributed by atoms with Gasteiger partial charge in [0.1, 0.15) is 12.1 Å². The summed E-state index contributed by atoms with van der Waals surface area (Å²) < 4.78 is 0. The first-order valence-corrected chi connectivity index (χ1v) is 9.71. The second kappa shape index (κ2) is 8.63. The molecule has 29 heavy (non-hydrogen) atoms. The second-order valence-corrected chi connectivity index (χ2v) is 8.46. The molecule has 1 aromatic rings. The molecule has 1 aliphatic heterocycles. The fourth-order valence-electron chi connectivity index (χ4n) is 3.12. The molecule has 1 aliphatic rings. The molecule has 2 rings (SSSR count). The Balaban J connectivity index is 1.99. The number of hydrogen-bond donors (Lipinski definition) is 3. The number of rotatable bonds is 7. The molecule has 1 fully saturated rings. The zero-order valence-corrected chi connectivity index (χ0v) is 17.7. The van der Waals surface area contributed by atoms with Gasteiger partial charge < -0.3 is 16.0 Å². The van der Waals surface area contributed by atoms with Gasteiger partial charge in [-0.15, -0.1) is 0 Å². The molecule has 8 nitrogen and oxygen atoms in total. The van der Waals surface area contributed by atoms with E-state index in [9.17, 15) is 19.2 Å². The smallest absolute Gasteiger partial charge is 0.325 e. The SMILES string of the molecule is CC(=O)NCCCNC(=O)CN1C(=O)NC(C)(c2ccc(C(C)(C)C)cc2)C1=O. The van der Waals surface area contributed by atoms with E-state index in [4.69, 9.17) is 0 Å². The van der Waals surface area contributed by atoms with Crippen molar-refractivity contribution in [3.63, 3.8) is 0 Å². The number of hydrogen-bond acceptors (Lipinski definition) is 4. The maximum absolute atomic E-state index is 12.9. The van der Waals surface area contributed by atoms with E-state index in [0.717, 1.165) is 10.5 Å². The van der Waals surface area contributed by atoms with Crippen LogP contribution in [0.3, 0.4) is 0 Å². The topological polar surface area (TPSA) is 108 Å². The van der Waals surface area contributed by atoms with Crippen LogP contribution in [0.4, 0.5) is 4.79 Å². The quantitative estimate of drug-likeness (QED) is 0.473. The number of urea groups is 1. The summed E-state index contributed by atoms with van der Waals surface area (Å²) in [4.78, 5) is 49.1. The number of carbonyl (C=O) groups excluding carboxylic acids is 4. The molecule has 0 aliphatic carbocycles. The maximum Gasteiger partial charge on any atom is 0.325 e. The predicted octanol–water partition coefficient (Wildman–Crippen LogP) is 1.39. The van der Waals surface area contributed by atoms with Crippen LogP contribution in [0, 0.1) is 0 Å². The molecule has 8 heteroatoms. The first-order chi connectivity index (χ1) is 13.4. The number of carbonyl (C=O) groups is 4. The minimum absolute atomic E-state index is 0.0214. The molecule has 1 heterocycles. The second-order valence-electron chi connectivity index (χ2n) is 8.46. The molecule has 0 aromatic heterocycles. The van der Waals surface area contributed by atoms with Crippen LogP contribution in [0.25, 0.3) is 0 Å². The Hall–Kier alpha value is -2.90. The molecule has 0 radical (unpaired) electrons. The third-order valence-electron chi connectivity index (χ3n) is 4.95. The lowest BCUT2D eigenvalue weighted by Gasteiger charge is -2.24. The highest BCUT2D eigenvalue weighted by Gasteiger charge is 2.49. The van der Waals surface area contributed by atoms with Gasteiger partial charge in [-0.3, -0.25) is 19.3 Å². The Morgan fingerprint density at radius 3 is 2.21 bits per heavy atom. The fourth-order valence-corrected chi connectivity index (χ4v) is 3.12. The minimum Gasteiger partial charge on any atom is -0.356 e. The highest BCUT2D eigenvalue weighted by molar-refractivity contribution is 6.09. The highest BCUT2D eigenvalue weighted by Crippen LogP contribution is 2.31. The summed E-state index contributed by atoms with van der Waals surface area (Å²) in [6, 6.07) is 6.98. The molecule has 1 saturated heterocycles. The number of amides is 5. The van der Waals surface area contributed by atoms with Crippen LogP contribution in [-0.4, -0.2) is 48.3 Å². The number of nitrogens with zero attached hydrogens (tertiary/aromatic N) is 1. The Morgan fingerprint density at radius 2 is 1.66 bits per heavy atom. The van der Waals surface area contributed by atoms with Gasteiger partial charge >= 0.3 is 6.03 Å². The van der Waals surface area contributed by atoms with Crippen molar-refractivity contribution in [3.8, 4) is 0 Å². The molecule has 158 valence electrons. The Labute approximate surface area is 171 Å². The normalized spacial score (nSPS) is 19.1. The molecule has 1 unspecified atom stereocenters. The van der Waals surface area contributed by atoms with Crippen molar-refractivity contribution in [2.75, 3.05) is 19.6 Å². The summed E-state index contributed by atoms with van der Waals surface area (Å²) in [5.41, 5.74) is 0.560. The van der Waals surface area contributed by atoms with Gasteiger partial charge in [0.25, 0.3) is 5.91 Å². The average molecular weight is 402 g/mol. The van der Waals surface area contributed by atoms with E-state index < -0.39 is 23.4 Å². The molecule has 5 amide bonds. The Bertz CT molecular complexity index is 798. The highest BCUT2D eigenvalue weighted by atomic mass is 16.2. The zero-order valence-electron chi connectivity index (χ0n) is 17.7. The summed E-state index contributed by atoms with van der Waals surface area (Å²) >= 11 is 0. The van der Waals surface area contributed by atoms with Crippen molar-refractivity contribution in [1.82, 2.24) is 20.9 Å². The minimum atomic E-state index is -1.21. The van der Waals surface area contributed by atoms with Crippen LogP contribution in [0.15, 0.2) is 24.3 Å². The molecule has 0 saturated carbocycles. The zero-order chi connectivity index (χ0) is 21.8. The van der Waals surface area contributed by atoms with Gasteiger partial charge in [0.15, 0.2) is 0 Å². The number of benzene rings is 1. The van der Waals surface area contributed by atoms with E-state index in [1.54, 1.807) is 6.92 Å². The van der Waals surface area contributed by atoms with Crippen LogP contribution >= 0.6 is 0 Å². The molecular weight excluding hydrogens is 372 g/mol. The molecule has 1 atom stereocenters. The van der Waals surface area contributed by atoms with E-state index in [1.165, 1.54) is 6.92 Å². The van der Waals surface area contributed by atoms with Crippen molar-refractivity contribution in [3.05, 3.63) is 35.4 Å². The predicted molar refractivity (Wildman–Crippen MR) is 109 cm³/mol. The maximum atomic E-state index is 12.9. The summed E-state index contributed by atoms with van der Waals surface area (Å²) in [5, 5.41) is 7.99. The average Bonchev–Trinajstić information content (AvgIpc) is 2.84. The largest absolute Gasteiger partial charge is 0.356 e. The van der Waals surface area contributed by atoms with Gasteiger partial charge in [0.2, 0.25) is 11.8 Å². The van der Waals surface area contributed by atoms with Crippen molar-refractivity contribution in [2.24, 2.45) is 0 Å². The standard InChI is InChI=1S/C21H30N4O4/c1-14(26)22-11-6-12-23-17(27)13-25-18(28)21(5,24-19(25)29)16-9-7-15(8-10-16)20(2,3)4/h7-10H,6,11-13H2,1-5H3,(H,22,26)(H,23,27)(H,24,29). The van der Waals surface area contributed by atoms with E-state index in [-0.39, 0.29) is 17.9 Å². The van der Waals surface area contributed by atoms with E-state index in [1.807, 2.05) is 24.3 Å². The number of nitrogens with one attached hydrogen (secondary N) is 3. The van der Waals surface area contributed by atoms with Gasteiger partial charge in [-0.1, -0.05) is 45.0 Å². The van der Waals surface area contributed by atoms with Crippen LogP contribution in [0.1, 0.15) is 52.2 Å². The van der Waals surface area contributed by atoms with Gasteiger partial charge in [0, 0.05) is 20.0 Å². The van der Waals surface area contributed by atoms with Gasteiger partial charge in [0.05, 0.1) is 0 Å². The van der Waals surface area contributed by atoms with Crippen LogP contribution in [0.2, 0.25) is 0 Å². The summed E-state index contributed by atoms with van der Waals surface area (Å²) in [7, 11) is 0. The van der Waals surface area contributed by atoms with Crippen molar-refractivity contribution in [1.29, 1.82) is 0 Å². The first kappa shape index (κ1) is 22.4. The lowest BCUT2D eigenvalue weighted by atomic mass is 9.84. The lowest BCUT2D eigenvalue weighted by Crippen LogP contribution is -2.43. The van der Waals surface area contributed by atoms with Crippen LogP contribution < -0.4 is 16.0 Å². The van der Waals surface area contributed by atoms with E-state index >= 15 is 0 Å². The third kappa shape index (κ3) is 5.34. The molecule has 3 N–H and O–H groups in total. The summed E-state index contributed by atoms with van der Waals surface area (Å²) in [6.07, 6.45) is 0.559. The third-order valence-corrected chi connectivity index (χ3v) is 4.95. The van der Waals surface area contributed by atoms with Crippen molar-refractivity contribution < 1.29 is 19.2 Å². The van der Waals surface area contributed by atoms with Crippen molar-refractivity contribution >= 4 is 23.8 Å². The molecular formula is C21H30N4O4. The Kier molecular flexibility index (Phi) is 6.66. The summed E-state index contributed by atoms with van der Waals surface area (Å²) in [6.45, 7) is 9.80. The van der Waals surface area contributed by atoms with Crippen molar-refractivity contribution in [2.45, 2.75) is 52.0 Å². The Morgan fingerprint density at radius 1 is 1.07 bits per heavy atom. The van der Waals surface area contributed by atoms with Gasteiger partial charge in [-0.2, -0.15) is 0 Å². The fraction of sp³-hybridized carbons (Fsp3) is 0.524. The van der Waals surface area contributed by atoms with Crippen LogP contribution in [0.5, 0.6) is 0 Å². The van der Waals surface area contributed by atoms with E-state index in [2.05, 4.69) is 36.7 Å². The molecule has 0 bridgehead atoms. The van der Waals surface area contributed by atoms with Crippen LogP contribution in [-0.2, 0) is 25.3 Å². The van der Waals surface area contributed by atoms with Gasteiger partial charge in [-0.05, 0) is 29.9 Å². The van der Waals surface area contributed by atoms with Gasteiger partial charge in [-0.25, -0.2) is 4.79 Å². The molecule has 1 aromatic carbocycles.